The third kappa shape index (κ3) is 4.04. The summed E-state index contributed by atoms with van der Waals surface area (Å²) < 4.78 is 39.0. The Balaban J connectivity index is 2.29. The molecule has 0 bridgehead atoms. The Morgan fingerprint density at radius 1 is 1.29 bits per heavy atom. The van der Waals surface area contributed by atoms with Gasteiger partial charge in [0.25, 0.3) is 0 Å². The summed E-state index contributed by atoms with van der Waals surface area (Å²) in [7, 11) is 0. The lowest BCUT2D eigenvalue weighted by Gasteiger charge is -2.10. The van der Waals surface area contributed by atoms with Crippen molar-refractivity contribution >= 4 is 0 Å². The highest BCUT2D eigenvalue weighted by atomic mass is 19.4. The van der Waals surface area contributed by atoms with Crippen LogP contribution in [0.4, 0.5) is 13.2 Å². The molecule has 2 aromatic rings. The molecule has 0 unspecified atom stereocenters. The van der Waals surface area contributed by atoms with Crippen LogP contribution in [-0.2, 0) is 12.7 Å². The average Bonchev–Trinajstić information content (AvgIpc) is 2.85. The number of nitrogens with one attached hydrogen (secondary N) is 1. The summed E-state index contributed by atoms with van der Waals surface area (Å²) in [4.78, 5) is 4.23. The van der Waals surface area contributed by atoms with Crippen LogP contribution in [0.25, 0.3) is 5.82 Å². The molecule has 0 amide bonds. The zero-order chi connectivity index (χ0) is 15.6. The summed E-state index contributed by atoms with van der Waals surface area (Å²) in [6, 6.07) is 3.95. The van der Waals surface area contributed by atoms with Crippen LogP contribution < -0.4 is 5.32 Å². The van der Waals surface area contributed by atoms with E-state index >= 15 is 0 Å². The first-order valence-corrected chi connectivity index (χ1v) is 6.59. The van der Waals surface area contributed by atoms with Gasteiger partial charge in [-0.2, -0.15) is 18.3 Å². The van der Waals surface area contributed by atoms with Gasteiger partial charge in [-0.1, -0.05) is 13.8 Å². The lowest BCUT2D eigenvalue weighted by molar-refractivity contribution is -0.137. The van der Waals surface area contributed by atoms with E-state index in [9.17, 15) is 13.2 Å². The smallest absolute Gasteiger partial charge is 0.310 e. The van der Waals surface area contributed by atoms with Crippen LogP contribution in [0, 0.1) is 6.92 Å². The van der Waals surface area contributed by atoms with E-state index in [1.165, 1.54) is 0 Å². The van der Waals surface area contributed by atoms with Gasteiger partial charge in [-0.05, 0) is 24.6 Å². The van der Waals surface area contributed by atoms with Crippen LogP contribution in [0.15, 0.2) is 24.5 Å². The van der Waals surface area contributed by atoms with Gasteiger partial charge in [0.2, 0.25) is 0 Å². The van der Waals surface area contributed by atoms with Crippen LogP contribution in [0.2, 0.25) is 0 Å². The predicted octanol–water partition coefficient (Wildman–Crippen LogP) is 3.09. The zero-order valence-corrected chi connectivity index (χ0v) is 12.1. The van der Waals surface area contributed by atoms with Gasteiger partial charge in [0, 0.05) is 24.5 Å². The molecular formula is C14H17F3N4. The van der Waals surface area contributed by atoms with Gasteiger partial charge in [-0.25, -0.2) is 9.67 Å². The molecule has 0 aliphatic carbocycles. The third-order valence-electron chi connectivity index (χ3n) is 2.86. The number of hydrogen-bond acceptors (Lipinski definition) is 3. The molecule has 0 saturated carbocycles. The molecule has 0 aliphatic rings. The summed E-state index contributed by atoms with van der Waals surface area (Å²) in [5.41, 5.74) is 0.903. The van der Waals surface area contributed by atoms with Gasteiger partial charge in [0.1, 0.15) is 0 Å². The third-order valence-corrected chi connectivity index (χ3v) is 2.86. The second-order valence-corrected chi connectivity index (χ2v) is 5.18. The van der Waals surface area contributed by atoms with Gasteiger partial charge in [-0.15, -0.1) is 0 Å². The highest BCUT2D eigenvalue weighted by Gasteiger charge is 2.32. The first-order chi connectivity index (χ1) is 9.75. The maximum atomic E-state index is 12.6. The van der Waals surface area contributed by atoms with Crippen LogP contribution in [0.5, 0.6) is 0 Å². The summed E-state index contributed by atoms with van der Waals surface area (Å²) in [5.74, 6) is 0.381. The Bertz CT molecular complexity index is 617. The Labute approximate surface area is 121 Å². The average molecular weight is 298 g/mol. The second kappa shape index (κ2) is 5.85. The molecule has 0 radical (unpaired) electrons. The van der Waals surface area contributed by atoms with Crippen molar-refractivity contribution in [1.82, 2.24) is 20.1 Å². The van der Waals surface area contributed by atoms with E-state index in [1.54, 1.807) is 13.0 Å². The minimum atomic E-state index is -4.40. The van der Waals surface area contributed by atoms with Crippen LogP contribution in [0.1, 0.15) is 30.7 Å². The van der Waals surface area contributed by atoms with Crippen molar-refractivity contribution in [2.45, 2.75) is 39.5 Å². The van der Waals surface area contributed by atoms with E-state index in [0.29, 0.717) is 18.4 Å². The molecule has 0 spiro atoms. The molecule has 2 aromatic heterocycles. The Morgan fingerprint density at radius 2 is 2.00 bits per heavy atom. The van der Waals surface area contributed by atoms with Gasteiger partial charge in [0.05, 0.1) is 11.8 Å². The molecule has 0 saturated heterocycles. The highest BCUT2D eigenvalue weighted by molar-refractivity contribution is 5.31. The summed E-state index contributed by atoms with van der Waals surface area (Å²) in [6.45, 7) is 6.48. The fraction of sp³-hybridized carbons (Fsp3) is 0.429. The van der Waals surface area contributed by atoms with E-state index in [4.69, 9.17) is 0 Å². The Kier molecular flexibility index (Phi) is 4.32. The van der Waals surface area contributed by atoms with Gasteiger partial charge >= 0.3 is 6.18 Å². The van der Waals surface area contributed by atoms with E-state index < -0.39 is 11.7 Å². The van der Waals surface area contributed by atoms with E-state index in [2.05, 4.69) is 15.4 Å². The molecule has 4 nitrogen and oxygen atoms in total. The van der Waals surface area contributed by atoms with Crippen molar-refractivity contribution in [2.75, 3.05) is 0 Å². The van der Waals surface area contributed by atoms with Crippen molar-refractivity contribution in [3.05, 3.63) is 41.3 Å². The van der Waals surface area contributed by atoms with Crippen LogP contribution >= 0.6 is 0 Å². The van der Waals surface area contributed by atoms with Crippen molar-refractivity contribution in [3.63, 3.8) is 0 Å². The lowest BCUT2D eigenvalue weighted by atomic mass is 10.2. The van der Waals surface area contributed by atoms with Crippen LogP contribution in [0.3, 0.4) is 0 Å². The monoisotopic (exact) mass is 298 g/mol. The largest absolute Gasteiger partial charge is 0.419 e. The molecule has 2 heterocycles. The number of pyridine rings is 1. The quantitative estimate of drug-likeness (QED) is 0.943. The fourth-order valence-electron chi connectivity index (χ4n) is 1.86. The van der Waals surface area contributed by atoms with E-state index in [0.717, 1.165) is 28.3 Å². The molecule has 7 heteroatoms. The number of nitrogens with zero attached hydrogens (tertiary/aromatic N) is 3. The van der Waals surface area contributed by atoms with Crippen molar-refractivity contribution in [1.29, 1.82) is 0 Å². The maximum Gasteiger partial charge on any atom is 0.419 e. The first kappa shape index (κ1) is 15.5. The molecule has 2 rings (SSSR count). The number of halogens is 3. The topological polar surface area (TPSA) is 42.7 Å². The first-order valence-electron chi connectivity index (χ1n) is 6.59. The number of alkyl halides is 3. The normalized spacial score (nSPS) is 12.1. The Morgan fingerprint density at radius 3 is 2.57 bits per heavy atom. The highest BCUT2D eigenvalue weighted by Crippen LogP contribution is 2.29. The summed E-state index contributed by atoms with van der Waals surface area (Å²) in [6.07, 6.45) is -2.65. The predicted molar refractivity (Wildman–Crippen MR) is 73.1 cm³/mol. The minimum absolute atomic E-state index is 0.323. The molecule has 0 aliphatic heterocycles. The molecule has 21 heavy (non-hydrogen) atoms. The molecule has 0 aromatic carbocycles. The zero-order valence-electron chi connectivity index (χ0n) is 12.1. The number of aromatic nitrogens is 3. The van der Waals surface area contributed by atoms with Crippen molar-refractivity contribution in [3.8, 4) is 5.82 Å². The van der Waals surface area contributed by atoms with Gasteiger partial charge < -0.3 is 5.32 Å². The van der Waals surface area contributed by atoms with Crippen LogP contribution in [-0.4, -0.2) is 20.8 Å². The Hall–Kier alpha value is -1.89. The second-order valence-electron chi connectivity index (χ2n) is 5.18. The molecule has 114 valence electrons. The minimum Gasteiger partial charge on any atom is -0.310 e. The van der Waals surface area contributed by atoms with Gasteiger partial charge in [0.15, 0.2) is 5.82 Å². The number of rotatable bonds is 4. The number of aryl methyl sites for hydroxylation is 1. The van der Waals surface area contributed by atoms with Crippen molar-refractivity contribution in [2.24, 2.45) is 0 Å². The lowest BCUT2D eigenvalue weighted by Crippen LogP contribution is -2.22. The maximum absolute atomic E-state index is 12.6. The summed E-state index contributed by atoms with van der Waals surface area (Å²) >= 11 is 0. The number of hydrogen-bond donors (Lipinski definition) is 1. The molecule has 0 fully saturated rings. The van der Waals surface area contributed by atoms with Gasteiger partial charge in [-0.3, -0.25) is 0 Å². The van der Waals surface area contributed by atoms with E-state index in [1.807, 2.05) is 19.9 Å². The molecule has 0 atom stereocenters. The van der Waals surface area contributed by atoms with E-state index in [-0.39, 0.29) is 0 Å². The SMILES string of the molecule is Cc1cc(CNC(C)C)cc(-n2cc(C(F)(F)F)cn2)n1. The fourth-order valence-corrected chi connectivity index (χ4v) is 1.86. The standard InChI is InChI=1S/C14H17F3N4/c1-9(2)18-6-11-4-10(3)20-13(5-11)21-8-12(7-19-21)14(15,16)17/h4-5,7-9,18H,6H2,1-3H3. The molecule has 1 N–H and O–H groups in total. The van der Waals surface area contributed by atoms with Crippen molar-refractivity contribution < 1.29 is 13.2 Å². The summed E-state index contributed by atoms with van der Waals surface area (Å²) in [5, 5.41) is 7.00. The molecular weight excluding hydrogens is 281 g/mol.